The van der Waals surface area contributed by atoms with Crippen LogP contribution in [0.1, 0.15) is 38.4 Å². The fraction of sp³-hybridized carbons (Fsp3) is 0.294. The van der Waals surface area contributed by atoms with Crippen molar-refractivity contribution in [1.29, 1.82) is 0 Å². The number of aromatic nitrogens is 4. The third-order valence-electron chi connectivity index (χ3n) is 3.70. The highest BCUT2D eigenvalue weighted by Gasteiger charge is 2.09. The molecule has 3 rings (SSSR count). The molecule has 22 heavy (non-hydrogen) atoms. The molecule has 0 aliphatic rings. The van der Waals surface area contributed by atoms with Gasteiger partial charge in [0.1, 0.15) is 0 Å². The topological polar surface area (TPSA) is 47.7 Å². The van der Waals surface area contributed by atoms with Gasteiger partial charge in [-0.15, -0.1) is 0 Å². The van der Waals surface area contributed by atoms with E-state index >= 15 is 0 Å². The summed E-state index contributed by atoms with van der Waals surface area (Å²) in [4.78, 5) is 4.06. The fourth-order valence-electron chi connectivity index (χ4n) is 2.33. The Morgan fingerprint density at radius 1 is 1.09 bits per heavy atom. The van der Waals surface area contributed by atoms with Crippen LogP contribution in [0, 0.1) is 0 Å². The van der Waals surface area contributed by atoms with E-state index in [9.17, 15) is 0 Å². The van der Waals surface area contributed by atoms with Gasteiger partial charge in [-0.2, -0.15) is 5.10 Å². The Bertz CT molecular complexity index is 710. The zero-order valence-corrected chi connectivity index (χ0v) is 13.1. The lowest BCUT2D eigenvalue weighted by molar-refractivity contribution is 0.532. The van der Waals surface area contributed by atoms with Gasteiger partial charge in [0, 0.05) is 41.6 Å². The Balaban J connectivity index is 1.69. The smallest absolute Gasteiger partial charge is 0.0991 e. The van der Waals surface area contributed by atoms with Gasteiger partial charge in [0.2, 0.25) is 0 Å². The zero-order chi connectivity index (χ0) is 15.5. The summed E-state index contributed by atoms with van der Waals surface area (Å²) in [5, 5.41) is 7.90. The van der Waals surface area contributed by atoms with Gasteiger partial charge in [-0.05, 0) is 45.0 Å². The van der Waals surface area contributed by atoms with Crippen molar-refractivity contribution in [3.63, 3.8) is 0 Å². The quantitative estimate of drug-likeness (QED) is 0.778. The van der Waals surface area contributed by atoms with E-state index in [-0.39, 0.29) is 6.04 Å². The summed E-state index contributed by atoms with van der Waals surface area (Å²) >= 11 is 0. The van der Waals surface area contributed by atoms with Crippen molar-refractivity contribution in [1.82, 2.24) is 19.3 Å². The average molecular weight is 295 g/mol. The van der Waals surface area contributed by atoms with Crippen molar-refractivity contribution in [3.05, 3.63) is 60.9 Å². The first-order valence-corrected chi connectivity index (χ1v) is 7.52. The van der Waals surface area contributed by atoms with Gasteiger partial charge < -0.3 is 9.88 Å². The summed E-state index contributed by atoms with van der Waals surface area (Å²) in [7, 11) is 0. The van der Waals surface area contributed by atoms with Gasteiger partial charge >= 0.3 is 0 Å². The van der Waals surface area contributed by atoms with E-state index in [4.69, 9.17) is 0 Å². The second-order valence-corrected chi connectivity index (χ2v) is 5.73. The minimum atomic E-state index is 0.214. The molecule has 0 fully saturated rings. The van der Waals surface area contributed by atoms with Gasteiger partial charge in [0.15, 0.2) is 0 Å². The molecule has 0 amide bonds. The third kappa shape index (κ3) is 3.03. The van der Waals surface area contributed by atoms with Crippen molar-refractivity contribution in [2.24, 2.45) is 0 Å². The second kappa shape index (κ2) is 6.05. The second-order valence-electron chi connectivity index (χ2n) is 5.73. The first kappa shape index (κ1) is 14.4. The predicted molar refractivity (Wildman–Crippen MR) is 88.2 cm³/mol. The van der Waals surface area contributed by atoms with Gasteiger partial charge in [-0.3, -0.25) is 4.68 Å². The normalized spacial score (nSPS) is 12.5. The molecular weight excluding hydrogens is 274 g/mol. The molecule has 0 unspecified atom stereocenters. The number of imidazole rings is 1. The number of anilines is 1. The number of hydrogen-bond donors (Lipinski definition) is 1. The zero-order valence-electron chi connectivity index (χ0n) is 13.1. The molecule has 0 bridgehead atoms. The van der Waals surface area contributed by atoms with Crippen LogP contribution in [0.4, 0.5) is 5.69 Å². The number of benzene rings is 1. The first-order valence-electron chi connectivity index (χ1n) is 7.52. The lowest BCUT2D eigenvalue weighted by atomic mass is 10.1. The predicted octanol–water partition coefficient (Wildman–Crippen LogP) is 3.82. The highest BCUT2D eigenvalue weighted by molar-refractivity contribution is 5.50. The van der Waals surface area contributed by atoms with E-state index in [0.717, 1.165) is 11.4 Å². The third-order valence-corrected chi connectivity index (χ3v) is 3.70. The first-order chi connectivity index (χ1) is 10.6. The van der Waals surface area contributed by atoms with Crippen molar-refractivity contribution >= 4 is 5.69 Å². The van der Waals surface area contributed by atoms with Crippen LogP contribution >= 0.6 is 0 Å². The number of nitrogens with one attached hydrogen (secondary N) is 1. The van der Waals surface area contributed by atoms with Crippen LogP contribution in [0.2, 0.25) is 0 Å². The Labute approximate surface area is 130 Å². The van der Waals surface area contributed by atoms with E-state index in [1.807, 2.05) is 21.6 Å². The maximum Gasteiger partial charge on any atom is 0.0991 e. The van der Waals surface area contributed by atoms with E-state index in [0.29, 0.717) is 6.04 Å². The molecule has 0 aliphatic carbocycles. The van der Waals surface area contributed by atoms with Crippen LogP contribution in [0.15, 0.2) is 55.4 Å². The Hall–Kier alpha value is -2.56. The van der Waals surface area contributed by atoms with Gasteiger partial charge in [-0.1, -0.05) is 0 Å². The van der Waals surface area contributed by atoms with Gasteiger partial charge in [0.25, 0.3) is 0 Å². The van der Waals surface area contributed by atoms with Crippen molar-refractivity contribution in [2.75, 3.05) is 5.32 Å². The molecule has 0 saturated carbocycles. The molecule has 2 heterocycles. The highest BCUT2D eigenvalue weighted by Crippen LogP contribution is 2.21. The van der Waals surface area contributed by atoms with Crippen LogP contribution in [-0.2, 0) is 0 Å². The van der Waals surface area contributed by atoms with Crippen LogP contribution in [0.3, 0.4) is 0 Å². The molecule has 0 saturated heterocycles. The monoisotopic (exact) mass is 295 g/mol. The molecule has 5 nitrogen and oxygen atoms in total. The van der Waals surface area contributed by atoms with E-state index in [2.05, 4.69) is 66.6 Å². The Kier molecular flexibility index (Phi) is 3.96. The summed E-state index contributed by atoms with van der Waals surface area (Å²) in [6, 6.07) is 8.92. The minimum Gasteiger partial charge on any atom is -0.378 e. The molecule has 114 valence electrons. The molecule has 0 spiro atoms. The average Bonchev–Trinajstić information content (AvgIpc) is 3.20. The molecule has 0 radical (unpaired) electrons. The lowest BCUT2D eigenvalue weighted by Gasteiger charge is -2.14. The Morgan fingerprint density at radius 3 is 2.45 bits per heavy atom. The van der Waals surface area contributed by atoms with E-state index in [1.165, 1.54) is 5.56 Å². The molecule has 1 aromatic carbocycles. The van der Waals surface area contributed by atoms with Crippen LogP contribution in [0.5, 0.6) is 0 Å². The van der Waals surface area contributed by atoms with Gasteiger partial charge in [-0.25, -0.2) is 4.98 Å². The summed E-state index contributed by atoms with van der Waals surface area (Å²) in [6.45, 7) is 6.40. The SMILES string of the molecule is CC(C)n1cc([C@H](C)Nc2ccc(-n3ccnc3)cc2)cn1. The van der Waals surface area contributed by atoms with Crippen LogP contribution in [0.25, 0.3) is 5.69 Å². The summed E-state index contributed by atoms with van der Waals surface area (Å²) in [5.74, 6) is 0. The fourth-order valence-corrected chi connectivity index (χ4v) is 2.33. The Morgan fingerprint density at radius 2 is 1.86 bits per heavy atom. The maximum atomic E-state index is 4.39. The summed E-state index contributed by atoms with van der Waals surface area (Å²) in [5.41, 5.74) is 3.38. The lowest BCUT2D eigenvalue weighted by Crippen LogP contribution is -2.06. The van der Waals surface area contributed by atoms with Crippen molar-refractivity contribution in [3.8, 4) is 5.69 Å². The molecular formula is C17H21N5. The molecule has 3 aromatic rings. The molecule has 5 heteroatoms. The summed E-state index contributed by atoms with van der Waals surface area (Å²) in [6.07, 6.45) is 9.54. The highest BCUT2D eigenvalue weighted by atomic mass is 15.3. The van der Waals surface area contributed by atoms with Crippen molar-refractivity contribution in [2.45, 2.75) is 32.9 Å². The summed E-state index contributed by atoms with van der Waals surface area (Å²) < 4.78 is 3.97. The number of hydrogen-bond acceptors (Lipinski definition) is 3. The minimum absolute atomic E-state index is 0.214. The number of rotatable bonds is 5. The molecule has 1 N–H and O–H groups in total. The largest absolute Gasteiger partial charge is 0.378 e. The maximum absolute atomic E-state index is 4.39. The molecule has 1 atom stereocenters. The van der Waals surface area contributed by atoms with E-state index in [1.54, 1.807) is 12.5 Å². The van der Waals surface area contributed by atoms with Crippen LogP contribution in [-0.4, -0.2) is 19.3 Å². The molecule has 0 aliphatic heterocycles. The molecule has 2 aromatic heterocycles. The van der Waals surface area contributed by atoms with Gasteiger partial charge in [0.05, 0.1) is 18.6 Å². The van der Waals surface area contributed by atoms with E-state index < -0.39 is 0 Å². The number of nitrogens with zero attached hydrogens (tertiary/aromatic N) is 4. The standard InChI is InChI=1S/C17H21N5/c1-13(2)22-11-15(10-19-22)14(3)20-16-4-6-17(7-5-16)21-9-8-18-12-21/h4-14,20H,1-3H3/t14-/m0/s1. The van der Waals surface area contributed by atoms with Crippen molar-refractivity contribution < 1.29 is 0 Å². The van der Waals surface area contributed by atoms with Crippen LogP contribution < -0.4 is 5.32 Å².